The van der Waals surface area contributed by atoms with Crippen LogP contribution in [0.3, 0.4) is 0 Å². The zero-order valence-electron chi connectivity index (χ0n) is 10.8. The predicted octanol–water partition coefficient (Wildman–Crippen LogP) is 0.820. The Kier molecular flexibility index (Phi) is 7.29. The molecule has 2 atom stereocenters. The molecule has 17 heavy (non-hydrogen) atoms. The number of amides is 2. The van der Waals surface area contributed by atoms with Crippen molar-refractivity contribution in [3.05, 3.63) is 0 Å². The van der Waals surface area contributed by atoms with Crippen LogP contribution in [-0.2, 0) is 9.53 Å². The van der Waals surface area contributed by atoms with Gasteiger partial charge in [-0.05, 0) is 19.3 Å². The summed E-state index contributed by atoms with van der Waals surface area (Å²) in [6.45, 7) is 5.87. The highest BCUT2D eigenvalue weighted by Crippen LogP contribution is 2.01. The third-order valence-corrected chi connectivity index (χ3v) is 2.35. The lowest BCUT2D eigenvalue weighted by molar-refractivity contribution is -0.140. The van der Waals surface area contributed by atoms with Crippen LogP contribution in [0.25, 0.3) is 0 Å². The largest absolute Gasteiger partial charge is 0.480 e. The highest BCUT2D eigenvalue weighted by atomic mass is 16.5. The molecule has 2 amide bonds. The first-order valence-corrected chi connectivity index (χ1v) is 5.67. The summed E-state index contributed by atoms with van der Waals surface area (Å²) in [5.41, 5.74) is 0. The van der Waals surface area contributed by atoms with Gasteiger partial charge in [0.25, 0.3) is 0 Å². The van der Waals surface area contributed by atoms with E-state index in [2.05, 4.69) is 10.6 Å². The highest BCUT2D eigenvalue weighted by Gasteiger charge is 2.23. The Morgan fingerprint density at radius 2 is 1.82 bits per heavy atom. The first-order valence-electron chi connectivity index (χ1n) is 5.67. The summed E-state index contributed by atoms with van der Waals surface area (Å²) in [7, 11) is 1.59. The molecule has 0 spiro atoms. The van der Waals surface area contributed by atoms with Gasteiger partial charge in [-0.25, -0.2) is 9.59 Å². The number of carboxylic acids is 1. The fourth-order valence-electron chi connectivity index (χ4n) is 1.29. The molecule has 0 radical (unpaired) electrons. The van der Waals surface area contributed by atoms with Crippen molar-refractivity contribution in [1.29, 1.82) is 0 Å². The van der Waals surface area contributed by atoms with Crippen LogP contribution in [0, 0.1) is 5.92 Å². The van der Waals surface area contributed by atoms with E-state index in [9.17, 15) is 9.59 Å². The highest BCUT2D eigenvalue weighted by molar-refractivity contribution is 5.82. The molecule has 1 unspecified atom stereocenters. The van der Waals surface area contributed by atoms with Gasteiger partial charge in [0.05, 0.1) is 0 Å². The lowest BCUT2D eigenvalue weighted by Crippen LogP contribution is -2.50. The van der Waals surface area contributed by atoms with Crippen molar-refractivity contribution in [1.82, 2.24) is 10.6 Å². The van der Waals surface area contributed by atoms with Gasteiger partial charge in [0.1, 0.15) is 6.04 Å². The molecule has 6 nitrogen and oxygen atoms in total. The second kappa shape index (κ2) is 7.89. The Balaban J connectivity index is 4.10. The average molecular weight is 246 g/mol. The number of urea groups is 1. The van der Waals surface area contributed by atoms with Crippen LogP contribution in [-0.4, -0.2) is 42.9 Å². The lowest BCUT2D eigenvalue weighted by Gasteiger charge is -2.20. The Labute approximate surface area is 102 Å². The zero-order chi connectivity index (χ0) is 13.4. The summed E-state index contributed by atoms with van der Waals surface area (Å²) >= 11 is 0. The third-order valence-electron chi connectivity index (χ3n) is 2.35. The third kappa shape index (κ3) is 6.78. The molecule has 0 bridgehead atoms. The number of carbonyl (C=O) groups excluding carboxylic acids is 1. The zero-order valence-corrected chi connectivity index (χ0v) is 10.8. The molecular formula is C11H22N2O4. The smallest absolute Gasteiger partial charge is 0.326 e. The van der Waals surface area contributed by atoms with Crippen molar-refractivity contribution in [2.24, 2.45) is 5.92 Å². The van der Waals surface area contributed by atoms with Gasteiger partial charge >= 0.3 is 12.0 Å². The van der Waals surface area contributed by atoms with E-state index in [1.165, 1.54) is 0 Å². The number of rotatable bonds is 7. The summed E-state index contributed by atoms with van der Waals surface area (Å²) in [6.07, 6.45) is 0.684. The predicted molar refractivity (Wildman–Crippen MR) is 63.9 cm³/mol. The quantitative estimate of drug-likeness (QED) is 0.620. The van der Waals surface area contributed by atoms with E-state index in [-0.39, 0.29) is 12.0 Å². The number of ether oxygens (including phenoxy) is 1. The minimum Gasteiger partial charge on any atom is -0.480 e. The first-order chi connectivity index (χ1) is 7.88. The molecule has 100 valence electrons. The van der Waals surface area contributed by atoms with Crippen LogP contribution in [0.5, 0.6) is 0 Å². The Morgan fingerprint density at radius 1 is 1.24 bits per heavy atom. The van der Waals surface area contributed by atoms with Gasteiger partial charge in [0.2, 0.25) is 0 Å². The summed E-state index contributed by atoms with van der Waals surface area (Å²) < 4.78 is 4.89. The first kappa shape index (κ1) is 15.7. The second-order valence-corrected chi connectivity index (χ2v) is 4.36. The molecule has 0 aliphatic carbocycles. The Bertz CT molecular complexity index is 256. The lowest BCUT2D eigenvalue weighted by atomic mass is 10.1. The average Bonchev–Trinajstić information content (AvgIpc) is 2.22. The van der Waals surface area contributed by atoms with Gasteiger partial charge in [0.15, 0.2) is 0 Å². The fraction of sp³-hybridized carbons (Fsp3) is 0.818. The molecule has 0 fully saturated rings. The van der Waals surface area contributed by atoms with E-state index in [0.29, 0.717) is 13.0 Å². The molecule has 0 aromatic rings. The number of methoxy groups -OCH3 is 1. The maximum Gasteiger partial charge on any atom is 0.326 e. The molecule has 0 aromatic heterocycles. The maximum absolute atomic E-state index is 11.5. The number of hydrogen-bond donors (Lipinski definition) is 3. The fourth-order valence-corrected chi connectivity index (χ4v) is 1.29. The molecule has 0 saturated carbocycles. The summed E-state index contributed by atoms with van der Waals surface area (Å²) in [5.74, 6) is -1.19. The number of carbonyl (C=O) groups is 2. The van der Waals surface area contributed by atoms with Crippen molar-refractivity contribution in [3.63, 3.8) is 0 Å². The molecule has 0 saturated heterocycles. The van der Waals surface area contributed by atoms with Crippen molar-refractivity contribution >= 4 is 12.0 Å². The second-order valence-electron chi connectivity index (χ2n) is 4.36. The minimum atomic E-state index is -1.03. The van der Waals surface area contributed by atoms with Crippen molar-refractivity contribution in [3.8, 4) is 0 Å². The van der Waals surface area contributed by atoms with Crippen LogP contribution < -0.4 is 10.6 Å². The number of aliphatic carboxylic acids is 1. The van der Waals surface area contributed by atoms with Gasteiger partial charge in [-0.1, -0.05) is 13.8 Å². The van der Waals surface area contributed by atoms with E-state index in [1.807, 2.05) is 6.92 Å². The molecule has 3 N–H and O–H groups in total. The van der Waals surface area contributed by atoms with Crippen LogP contribution in [0.2, 0.25) is 0 Å². The van der Waals surface area contributed by atoms with E-state index < -0.39 is 18.0 Å². The number of hydrogen-bond acceptors (Lipinski definition) is 3. The minimum absolute atomic E-state index is 0.0587. The van der Waals surface area contributed by atoms with Gasteiger partial charge in [-0.3, -0.25) is 0 Å². The van der Waals surface area contributed by atoms with E-state index in [4.69, 9.17) is 9.84 Å². The molecule has 0 heterocycles. The Morgan fingerprint density at radius 3 is 2.24 bits per heavy atom. The molecule has 0 rings (SSSR count). The van der Waals surface area contributed by atoms with Crippen LogP contribution in [0.15, 0.2) is 0 Å². The molecular weight excluding hydrogens is 224 g/mol. The molecule has 0 aliphatic heterocycles. The molecule has 6 heteroatoms. The van der Waals surface area contributed by atoms with Crippen molar-refractivity contribution < 1.29 is 19.4 Å². The SMILES string of the molecule is COCCC(C)NC(=O)N[C@H](C(=O)O)C(C)C. The van der Waals surface area contributed by atoms with Gasteiger partial charge in [0, 0.05) is 19.8 Å². The monoisotopic (exact) mass is 246 g/mol. The van der Waals surface area contributed by atoms with Crippen molar-refractivity contribution in [2.75, 3.05) is 13.7 Å². The maximum atomic E-state index is 11.5. The van der Waals surface area contributed by atoms with E-state index in [1.54, 1.807) is 21.0 Å². The van der Waals surface area contributed by atoms with E-state index in [0.717, 1.165) is 0 Å². The summed E-state index contributed by atoms with van der Waals surface area (Å²) in [6, 6.07) is -1.39. The van der Waals surface area contributed by atoms with Crippen LogP contribution in [0.4, 0.5) is 4.79 Å². The van der Waals surface area contributed by atoms with Gasteiger partial charge in [-0.2, -0.15) is 0 Å². The topological polar surface area (TPSA) is 87.7 Å². The number of carboxylic acid groups (broad SMARTS) is 1. The van der Waals surface area contributed by atoms with Crippen molar-refractivity contribution in [2.45, 2.75) is 39.3 Å². The van der Waals surface area contributed by atoms with E-state index >= 15 is 0 Å². The number of nitrogens with one attached hydrogen (secondary N) is 2. The standard InChI is InChI=1S/C11H22N2O4/c1-7(2)9(10(14)15)13-11(16)12-8(3)5-6-17-4/h7-9H,5-6H2,1-4H3,(H,14,15)(H2,12,13,16)/t8?,9-/m0/s1. The summed E-state index contributed by atoms with van der Waals surface area (Å²) in [5, 5.41) is 14.0. The normalized spacial score (nSPS) is 14.2. The molecule has 0 aromatic carbocycles. The molecule has 0 aliphatic rings. The van der Waals surface area contributed by atoms with Crippen LogP contribution >= 0.6 is 0 Å². The van der Waals surface area contributed by atoms with Gasteiger partial charge in [-0.15, -0.1) is 0 Å². The van der Waals surface area contributed by atoms with Crippen LogP contribution in [0.1, 0.15) is 27.2 Å². The van der Waals surface area contributed by atoms with Gasteiger partial charge < -0.3 is 20.5 Å². The summed E-state index contributed by atoms with van der Waals surface area (Å²) in [4.78, 5) is 22.4. The Hall–Kier alpha value is -1.30.